The molecule has 8 aliphatic rings. The monoisotopic (exact) mass is 1060 g/mol. The van der Waals surface area contributed by atoms with Gasteiger partial charge in [0.1, 0.15) is 35.4 Å². The number of carbonyl (C=O) groups is 4. The normalized spacial score (nSPS) is 23.5. The molecule has 2 unspecified atom stereocenters. The largest absolute Gasteiger partial charge is 0.453 e. The van der Waals surface area contributed by atoms with Crippen LogP contribution in [0.1, 0.15) is 151 Å². The van der Waals surface area contributed by atoms with E-state index in [1.165, 1.54) is 14.2 Å². The Labute approximate surface area is 455 Å². The molecular weight excluding hydrogens is 991 g/mol. The zero-order valence-corrected chi connectivity index (χ0v) is 45.9. The Bertz CT molecular complexity index is 3050. The van der Waals surface area contributed by atoms with Crippen molar-refractivity contribution >= 4 is 46.1 Å². The van der Waals surface area contributed by atoms with Crippen LogP contribution in [0.15, 0.2) is 60.7 Å². The van der Waals surface area contributed by atoms with Gasteiger partial charge < -0.3 is 39.9 Å². The fourth-order valence-corrected chi connectivity index (χ4v) is 14.0. The number of hydrogen-bond donors (Lipinski definition) is 4. The molecule has 6 aromatic rings. The fourth-order valence-electron chi connectivity index (χ4n) is 14.0. The van der Waals surface area contributed by atoms with Crippen LogP contribution in [-0.2, 0) is 44.7 Å². The van der Waals surface area contributed by atoms with E-state index >= 15 is 8.78 Å². The maximum atomic E-state index is 16.6. The number of aromatic nitrogens is 4. The first-order chi connectivity index (χ1) is 37.7. The summed E-state index contributed by atoms with van der Waals surface area (Å²) in [4.78, 5) is 75.9. The predicted molar refractivity (Wildman–Crippen MR) is 295 cm³/mol. The van der Waals surface area contributed by atoms with E-state index < -0.39 is 24.3 Å². The van der Waals surface area contributed by atoms with Crippen molar-refractivity contribution < 1.29 is 37.4 Å². The van der Waals surface area contributed by atoms with Crippen molar-refractivity contribution in [1.82, 2.24) is 40.4 Å². The molecule has 2 saturated heterocycles. The van der Waals surface area contributed by atoms with Crippen molar-refractivity contribution in [2.24, 2.45) is 23.7 Å². The minimum Gasteiger partial charge on any atom is -0.453 e. The maximum absolute atomic E-state index is 16.6. The van der Waals surface area contributed by atoms with E-state index in [0.717, 1.165) is 109 Å². The van der Waals surface area contributed by atoms with Crippen molar-refractivity contribution in [3.63, 3.8) is 0 Å². The molecule has 0 spiro atoms. The number of aryl methyl sites for hydroxylation is 2. The SMILES string of the molecule is CCC(C)[C@H](NC(=O)OC)C(=O)N1[C@H](c2nc3cc(-c4cc5cc(F)c4CCc4cc(F)c(c(-c6ccc7[nH]c([C@@H]8C[C@@H]9CCCC[C@@H]9N8C(=O)[C@@H](NC(=O)OC)C(C)CC)nc7c6)c4)CC5)ccc3[nH]2)C[C@@H]2CCCC[C@@H]21. The fraction of sp³-hybridized carbons (Fsp3) is 0.516. The number of nitrogens with one attached hydrogen (secondary N) is 4. The zero-order chi connectivity index (χ0) is 54.5. The van der Waals surface area contributed by atoms with Gasteiger partial charge in [0, 0.05) is 12.1 Å². The summed E-state index contributed by atoms with van der Waals surface area (Å²) in [6.07, 6.45) is 11.3. The molecule has 14 nitrogen and oxygen atoms in total. The van der Waals surface area contributed by atoms with Crippen LogP contribution in [0.4, 0.5) is 18.4 Å². The summed E-state index contributed by atoms with van der Waals surface area (Å²) < 4.78 is 43.0. The van der Waals surface area contributed by atoms with Crippen LogP contribution in [0.3, 0.4) is 0 Å². The molecule has 4 heterocycles. The van der Waals surface area contributed by atoms with Gasteiger partial charge in [-0.15, -0.1) is 0 Å². The number of hydrogen-bond acceptors (Lipinski definition) is 8. The molecular formula is C62H74F2N8O6. The smallest absolute Gasteiger partial charge is 0.407 e. The number of ether oxygens (including phenoxy) is 2. The highest BCUT2D eigenvalue weighted by atomic mass is 19.1. The van der Waals surface area contributed by atoms with Gasteiger partial charge in [-0.25, -0.2) is 28.3 Å². The van der Waals surface area contributed by atoms with Crippen LogP contribution in [0.25, 0.3) is 44.3 Å². The molecule has 78 heavy (non-hydrogen) atoms. The van der Waals surface area contributed by atoms with E-state index in [9.17, 15) is 19.2 Å². The number of aromatic amines is 2. The Balaban J connectivity index is 0.873. The quantitative estimate of drug-likeness (QED) is 0.0937. The number of likely N-dealkylation sites (tertiary alicyclic amines) is 2. The van der Waals surface area contributed by atoms with E-state index in [4.69, 9.17) is 19.4 Å². The summed E-state index contributed by atoms with van der Waals surface area (Å²) in [6.45, 7) is 7.98. The van der Waals surface area contributed by atoms with Gasteiger partial charge in [0.05, 0.1) is 48.4 Å². The van der Waals surface area contributed by atoms with Crippen LogP contribution in [0, 0.1) is 35.3 Å². The Hall–Kier alpha value is -6.84. The molecule has 412 valence electrons. The van der Waals surface area contributed by atoms with Gasteiger partial charge in [0.25, 0.3) is 0 Å². The zero-order valence-electron chi connectivity index (χ0n) is 45.9. The number of carbonyl (C=O) groups excluding carboxylic acids is 4. The lowest BCUT2D eigenvalue weighted by Crippen LogP contribution is -2.54. The molecule has 4 amide bonds. The maximum Gasteiger partial charge on any atom is 0.407 e. The average Bonchev–Trinajstić information content (AvgIpc) is 4.35. The number of methoxy groups -OCH3 is 2. The molecule has 4 N–H and O–H groups in total. The summed E-state index contributed by atoms with van der Waals surface area (Å²) in [7, 11) is 2.62. The highest BCUT2D eigenvalue weighted by Gasteiger charge is 2.50. The topological polar surface area (TPSA) is 175 Å². The van der Waals surface area contributed by atoms with Crippen LogP contribution >= 0.6 is 0 Å². The summed E-state index contributed by atoms with van der Waals surface area (Å²) in [5.41, 5.74) is 8.86. The van der Waals surface area contributed by atoms with Crippen molar-refractivity contribution in [1.29, 1.82) is 0 Å². The highest BCUT2D eigenvalue weighted by molar-refractivity contribution is 5.89. The van der Waals surface area contributed by atoms with E-state index in [-0.39, 0.29) is 59.5 Å². The van der Waals surface area contributed by atoms with Crippen LogP contribution in [0.5, 0.6) is 0 Å². The number of alkyl carbamates (subject to hydrolysis) is 2. The number of amides is 4. The second-order valence-corrected chi connectivity index (χ2v) is 23.1. The van der Waals surface area contributed by atoms with E-state index in [1.807, 2.05) is 86.0 Å². The first kappa shape index (κ1) is 53.2. The second kappa shape index (κ2) is 22.1. The lowest BCUT2D eigenvalue weighted by Gasteiger charge is -2.37. The lowest BCUT2D eigenvalue weighted by molar-refractivity contribution is -0.139. The Morgan fingerprint density at radius 3 is 1.41 bits per heavy atom. The first-order valence-corrected chi connectivity index (χ1v) is 28.7. The van der Waals surface area contributed by atoms with Crippen LogP contribution in [0.2, 0.25) is 0 Å². The van der Waals surface area contributed by atoms with E-state index in [2.05, 4.69) is 20.6 Å². The molecule has 2 aliphatic heterocycles. The van der Waals surface area contributed by atoms with Crippen LogP contribution in [-0.4, -0.2) is 92.1 Å². The Morgan fingerprint density at radius 1 is 0.603 bits per heavy atom. The Kier molecular flexibility index (Phi) is 15.1. The van der Waals surface area contributed by atoms with Gasteiger partial charge >= 0.3 is 12.2 Å². The molecule has 6 aliphatic carbocycles. The van der Waals surface area contributed by atoms with Crippen molar-refractivity contribution in [3.8, 4) is 22.3 Å². The minimum atomic E-state index is -0.740. The highest BCUT2D eigenvalue weighted by Crippen LogP contribution is 2.49. The number of benzene rings is 4. The number of fused-ring (bicyclic) bond motifs is 4. The van der Waals surface area contributed by atoms with Crippen molar-refractivity contribution in [3.05, 3.63) is 106 Å². The van der Waals surface area contributed by atoms with Crippen molar-refractivity contribution in [2.75, 3.05) is 14.2 Å². The number of imidazole rings is 2. The number of rotatable bonds is 12. The number of halogens is 2. The van der Waals surface area contributed by atoms with E-state index in [1.54, 1.807) is 12.1 Å². The van der Waals surface area contributed by atoms with Gasteiger partial charge in [-0.3, -0.25) is 9.59 Å². The molecule has 16 heteroatoms. The molecule has 4 fully saturated rings. The molecule has 14 rings (SSSR count). The molecule has 2 aromatic heterocycles. The summed E-state index contributed by atoms with van der Waals surface area (Å²) in [5.74, 6) is 1.01. The molecule has 2 saturated carbocycles. The third kappa shape index (κ3) is 10.0. The summed E-state index contributed by atoms with van der Waals surface area (Å²) >= 11 is 0. The molecule has 4 aromatic carbocycles. The van der Waals surface area contributed by atoms with Gasteiger partial charge in [-0.2, -0.15) is 0 Å². The Morgan fingerprint density at radius 2 is 1.01 bits per heavy atom. The summed E-state index contributed by atoms with van der Waals surface area (Å²) in [6, 6.07) is 17.3. The average molecular weight is 1070 g/mol. The third-order valence-electron chi connectivity index (χ3n) is 18.7. The predicted octanol–water partition coefficient (Wildman–Crippen LogP) is 12.1. The molecule has 10 atom stereocenters. The summed E-state index contributed by atoms with van der Waals surface area (Å²) in [5, 5.41) is 5.70. The minimum absolute atomic E-state index is 0.0469. The standard InChI is InChI=1S/C62H74F2N8O6/c1-7-33(3)55(69-61(75)77-5)59(73)71-51-15-11-9-13-39(51)31-53(71)57-65-47-23-19-37(29-49(47)67-57)43-25-35-18-22-42-44(26-36(28-46(42)64)17-21-41(43)45(63)27-35)38-20-24-48-50(30-38)68-58(66-48)54-32-40-14-10-12-16-52(40)72(54)60(74)56(34(4)8-2)70-62(76)78-6/h19-20,23-30,33-34,39-40,51-56H,7-18,21-22,31-32H2,1-6H3,(H,65,67)(H,66,68)(H,69,75)(H,70,76)/t33?,34?,39-,40-,51-,52-,53-,54-,55-,56-/m0/s1. The lowest BCUT2D eigenvalue weighted by atomic mass is 9.84. The molecule has 4 bridgehead atoms. The third-order valence-corrected chi connectivity index (χ3v) is 18.7. The van der Waals surface area contributed by atoms with Gasteiger partial charge in [-0.1, -0.05) is 90.5 Å². The number of H-pyrrole nitrogens is 2. The van der Waals surface area contributed by atoms with Crippen LogP contribution < -0.4 is 10.6 Å². The molecule has 0 radical (unpaired) electrons. The van der Waals surface area contributed by atoms with E-state index in [0.29, 0.717) is 84.2 Å². The second-order valence-electron chi connectivity index (χ2n) is 23.1. The van der Waals surface area contributed by atoms with Gasteiger partial charge in [0.15, 0.2) is 0 Å². The van der Waals surface area contributed by atoms with Crippen molar-refractivity contribution in [2.45, 2.75) is 167 Å². The first-order valence-electron chi connectivity index (χ1n) is 28.7. The van der Waals surface area contributed by atoms with Gasteiger partial charge in [0.2, 0.25) is 11.8 Å². The number of nitrogens with zero attached hydrogens (tertiary/aromatic N) is 4. The van der Waals surface area contributed by atoms with Gasteiger partial charge in [-0.05, 0) is 169 Å².